The third-order valence-corrected chi connectivity index (χ3v) is 5.20. The fourth-order valence-electron chi connectivity index (χ4n) is 2.61. The van der Waals surface area contributed by atoms with Gasteiger partial charge in [-0.25, -0.2) is 13.6 Å². The average molecular weight is 427 g/mol. The molecular weight excluding hydrogens is 407 g/mol. The van der Waals surface area contributed by atoms with Crippen LogP contribution in [0.25, 0.3) is 0 Å². The average Bonchev–Trinajstić information content (AvgIpc) is 3.46. The van der Waals surface area contributed by atoms with Crippen molar-refractivity contribution in [2.75, 3.05) is 21.5 Å². The number of pyridine rings is 1. The summed E-state index contributed by atoms with van der Waals surface area (Å²) in [7, 11) is 0. The molecule has 1 amide bonds. The first-order valence-corrected chi connectivity index (χ1v) is 10.2. The van der Waals surface area contributed by atoms with Crippen molar-refractivity contribution in [1.29, 1.82) is 0 Å². The molecule has 3 N–H and O–H groups in total. The Balaban J connectivity index is 1.82. The minimum absolute atomic E-state index is 0.0982. The second-order valence-corrected chi connectivity index (χ2v) is 7.70. The summed E-state index contributed by atoms with van der Waals surface area (Å²) in [5.74, 6) is -1.03. The number of rotatable bonds is 8. The number of hydrogen-bond acceptors (Lipinski definition) is 4. The van der Waals surface area contributed by atoms with Crippen molar-refractivity contribution in [1.82, 2.24) is 4.98 Å². The van der Waals surface area contributed by atoms with E-state index in [9.17, 15) is 17.9 Å². The Hall–Kier alpha value is -2.23. The van der Waals surface area contributed by atoms with E-state index in [1.54, 1.807) is 19.1 Å². The molecule has 1 atom stereocenters. The number of anilines is 3. The maximum atomic E-state index is 15.0. The van der Waals surface area contributed by atoms with E-state index < -0.39 is 28.6 Å². The zero-order valence-corrected chi connectivity index (χ0v) is 16.7. The number of nitrogens with zero attached hydrogens (tertiary/aromatic N) is 2. The van der Waals surface area contributed by atoms with Gasteiger partial charge in [0, 0.05) is 12.6 Å². The summed E-state index contributed by atoms with van der Waals surface area (Å²) in [5, 5.41) is 5.68. The lowest BCUT2D eigenvalue weighted by atomic mass is 10.1. The third-order valence-electron chi connectivity index (χ3n) is 4.13. The first-order chi connectivity index (χ1) is 13.4. The van der Waals surface area contributed by atoms with Gasteiger partial charge in [0.25, 0.3) is 17.2 Å². The predicted octanol–water partition coefficient (Wildman–Crippen LogP) is 4.05. The molecule has 0 spiro atoms. The highest BCUT2D eigenvalue weighted by Crippen LogP contribution is 2.30. The van der Waals surface area contributed by atoms with E-state index in [0.29, 0.717) is 24.0 Å². The molecule has 1 heterocycles. The van der Waals surface area contributed by atoms with Crippen molar-refractivity contribution in [3.8, 4) is 0 Å². The number of carbonyl (C=O) groups excluding carboxylic acids is 1. The topological polar surface area (TPSA) is 94.6 Å². The van der Waals surface area contributed by atoms with Crippen LogP contribution in [0.5, 0.6) is 0 Å². The van der Waals surface area contributed by atoms with Gasteiger partial charge in [0.15, 0.2) is 5.82 Å². The first kappa shape index (κ1) is 20.5. The van der Waals surface area contributed by atoms with Crippen molar-refractivity contribution in [2.45, 2.75) is 32.2 Å². The Morgan fingerprint density at radius 1 is 1.39 bits per heavy atom. The summed E-state index contributed by atoms with van der Waals surface area (Å²) < 4.78 is 36.9. The first-order valence-electron chi connectivity index (χ1n) is 8.81. The molecule has 10 heteroatoms. The monoisotopic (exact) mass is 426 g/mol. The number of amides is 1. The molecule has 28 heavy (non-hydrogen) atoms. The second-order valence-electron chi connectivity index (χ2n) is 6.39. The number of benzene rings is 1. The van der Waals surface area contributed by atoms with Crippen molar-refractivity contribution in [2.24, 2.45) is 0 Å². The van der Waals surface area contributed by atoms with E-state index in [-0.39, 0.29) is 17.3 Å². The number of carbonyl (C=O) groups is 1. The van der Waals surface area contributed by atoms with Crippen molar-refractivity contribution in [3.63, 3.8) is 0 Å². The van der Waals surface area contributed by atoms with Gasteiger partial charge < -0.3 is 10.6 Å². The van der Waals surface area contributed by atoms with Crippen LogP contribution in [0, 0.1) is 5.82 Å². The normalized spacial score (nSPS) is 14.4. The van der Waals surface area contributed by atoms with Crippen LogP contribution in [-0.2, 0) is 11.3 Å². The van der Waals surface area contributed by atoms with Gasteiger partial charge in [0.1, 0.15) is 5.82 Å². The Bertz CT molecular complexity index is 893. The minimum atomic E-state index is -2.43. The maximum Gasteiger partial charge on any atom is 0.261 e. The number of nitrogens with one attached hydrogen (secondary N) is 2. The molecule has 3 rings (SSSR count). The van der Waals surface area contributed by atoms with Crippen LogP contribution < -0.4 is 14.9 Å². The van der Waals surface area contributed by atoms with Crippen LogP contribution >= 0.6 is 11.6 Å². The lowest BCUT2D eigenvalue weighted by Crippen LogP contribution is -2.28. The van der Waals surface area contributed by atoms with E-state index in [1.165, 1.54) is 18.3 Å². The third kappa shape index (κ3) is 4.78. The lowest BCUT2D eigenvalue weighted by Gasteiger charge is -2.21. The van der Waals surface area contributed by atoms with Gasteiger partial charge in [-0.1, -0.05) is 18.5 Å². The molecular formula is C18H20ClFN4O3S. The van der Waals surface area contributed by atoms with Crippen molar-refractivity contribution < 1.29 is 17.9 Å². The van der Waals surface area contributed by atoms with Gasteiger partial charge in [-0.3, -0.25) is 13.7 Å². The van der Waals surface area contributed by atoms with Gasteiger partial charge in [-0.05, 0) is 43.5 Å². The van der Waals surface area contributed by atoms with Crippen LogP contribution in [-0.4, -0.2) is 32.2 Å². The van der Waals surface area contributed by atoms with E-state index in [4.69, 9.17) is 11.6 Å². The predicted molar refractivity (Wildman–Crippen MR) is 109 cm³/mol. The fourth-order valence-corrected chi connectivity index (χ4v) is 3.49. The molecule has 1 aliphatic rings. The highest BCUT2D eigenvalue weighted by Gasteiger charge is 2.25. The molecule has 150 valence electrons. The number of aromatic nitrogens is 1. The second kappa shape index (κ2) is 8.85. The lowest BCUT2D eigenvalue weighted by molar-refractivity contribution is 0.102. The van der Waals surface area contributed by atoms with E-state index in [2.05, 4.69) is 15.6 Å². The zero-order chi connectivity index (χ0) is 20.3. The van der Waals surface area contributed by atoms with Gasteiger partial charge >= 0.3 is 0 Å². The Labute approximate surface area is 169 Å². The maximum absolute atomic E-state index is 15.0. The highest BCUT2D eigenvalue weighted by atomic mass is 35.5. The molecule has 7 nitrogen and oxygen atoms in total. The molecule has 0 radical (unpaired) electrons. The van der Waals surface area contributed by atoms with E-state index in [1.807, 2.05) is 0 Å². The molecule has 1 saturated carbocycles. The molecule has 2 aromatic rings. The Morgan fingerprint density at radius 3 is 2.71 bits per heavy atom. The molecule has 1 unspecified atom stereocenters. The van der Waals surface area contributed by atoms with Gasteiger partial charge in [0.2, 0.25) is 0 Å². The summed E-state index contributed by atoms with van der Waals surface area (Å²) in [4.78, 5) is 16.8. The Kier molecular flexibility index (Phi) is 6.48. The van der Waals surface area contributed by atoms with Crippen LogP contribution in [0.2, 0.25) is 5.02 Å². The summed E-state index contributed by atoms with van der Waals surface area (Å²) in [5.41, 5.74) is -0.186. The summed E-state index contributed by atoms with van der Waals surface area (Å²) >= 11 is 3.60. The quantitative estimate of drug-likeness (QED) is 0.553. The molecule has 1 fully saturated rings. The van der Waals surface area contributed by atoms with Gasteiger partial charge in [-0.15, -0.1) is 0 Å². The molecule has 0 aliphatic heterocycles. The smallest absolute Gasteiger partial charge is 0.261 e. The van der Waals surface area contributed by atoms with Gasteiger partial charge in [0.05, 0.1) is 28.2 Å². The number of hydrogen-bond donors (Lipinski definition) is 3. The fraction of sp³-hybridized carbons (Fsp3) is 0.333. The highest BCUT2D eigenvalue weighted by molar-refractivity contribution is 7.80. The molecule has 1 aliphatic carbocycles. The summed E-state index contributed by atoms with van der Waals surface area (Å²) in [6, 6.07) is 6.42. The molecule has 1 aromatic heterocycles. The zero-order valence-electron chi connectivity index (χ0n) is 15.1. The van der Waals surface area contributed by atoms with E-state index >= 15 is 0 Å². The summed E-state index contributed by atoms with van der Waals surface area (Å²) in [6.45, 7) is 1.93. The SMILES string of the molecule is CCCN(c1ccc(Cl)c(C(=O)Nc2ccc(NC3CC3)nc2)c1F)S(=O)O. The largest absolute Gasteiger partial charge is 0.367 e. The van der Waals surface area contributed by atoms with E-state index in [0.717, 1.165) is 17.1 Å². The molecule has 0 bridgehead atoms. The minimum Gasteiger partial charge on any atom is -0.367 e. The van der Waals surface area contributed by atoms with Crippen molar-refractivity contribution in [3.05, 3.63) is 46.9 Å². The van der Waals surface area contributed by atoms with Crippen LogP contribution in [0.1, 0.15) is 36.5 Å². The van der Waals surface area contributed by atoms with Crippen LogP contribution in [0.15, 0.2) is 30.5 Å². The molecule has 0 saturated heterocycles. The van der Waals surface area contributed by atoms with Crippen molar-refractivity contribution >= 4 is 46.0 Å². The van der Waals surface area contributed by atoms with Gasteiger partial charge in [-0.2, -0.15) is 0 Å². The Morgan fingerprint density at radius 2 is 2.14 bits per heavy atom. The van der Waals surface area contributed by atoms with Crippen LogP contribution in [0.3, 0.4) is 0 Å². The standard InChI is InChI=1S/C18H20ClFN4O3S/c1-2-9-24(28(26)27)14-7-6-13(19)16(17(14)20)18(25)23-12-5-8-15(21-10-12)22-11-3-4-11/h5-8,10-11H,2-4,9H2,1H3,(H,21,22)(H,23,25)(H,26,27). The molecule has 1 aromatic carbocycles. The van der Waals surface area contributed by atoms with Crippen LogP contribution in [0.4, 0.5) is 21.6 Å². The number of halogens is 2. The summed E-state index contributed by atoms with van der Waals surface area (Å²) in [6.07, 6.45) is 4.21.